The number of hydrogen-bond donors (Lipinski definition) is 0. The molecule has 0 unspecified atom stereocenters. The van der Waals surface area contributed by atoms with Crippen LogP contribution < -0.4 is 0 Å². The van der Waals surface area contributed by atoms with Gasteiger partial charge in [-0.15, -0.1) is 6.58 Å². The molecule has 5 nitrogen and oxygen atoms in total. The van der Waals surface area contributed by atoms with Crippen LogP contribution in [0.25, 0.3) is 0 Å². The van der Waals surface area contributed by atoms with Crippen LogP contribution >= 0.6 is 0 Å². The SMILES string of the molecule is C=CCn1c(C)c(C(=O)N(C)CCCC)c(C)c1C(=O)OCC. The van der Waals surface area contributed by atoms with E-state index in [0.717, 1.165) is 18.5 Å². The summed E-state index contributed by atoms with van der Waals surface area (Å²) in [4.78, 5) is 26.8. The van der Waals surface area contributed by atoms with Crippen LogP contribution in [-0.2, 0) is 11.3 Å². The van der Waals surface area contributed by atoms with E-state index in [1.807, 2.05) is 6.92 Å². The average molecular weight is 320 g/mol. The number of aromatic nitrogens is 1. The molecule has 0 aliphatic rings. The van der Waals surface area contributed by atoms with E-state index in [9.17, 15) is 9.59 Å². The van der Waals surface area contributed by atoms with Crippen LogP contribution in [0.1, 0.15) is 58.8 Å². The lowest BCUT2D eigenvalue weighted by molar-refractivity contribution is 0.0513. The van der Waals surface area contributed by atoms with Gasteiger partial charge in [0.25, 0.3) is 5.91 Å². The van der Waals surface area contributed by atoms with Crippen molar-refractivity contribution in [2.24, 2.45) is 0 Å². The molecule has 0 aromatic carbocycles. The smallest absolute Gasteiger partial charge is 0.355 e. The number of unbranched alkanes of at least 4 members (excludes halogenated alkanes) is 1. The zero-order valence-electron chi connectivity index (χ0n) is 14.9. The van der Waals surface area contributed by atoms with Crippen LogP contribution in [0, 0.1) is 13.8 Å². The van der Waals surface area contributed by atoms with E-state index in [4.69, 9.17) is 4.74 Å². The maximum Gasteiger partial charge on any atom is 0.355 e. The molecule has 5 heteroatoms. The van der Waals surface area contributed by atoms with Crippen molar-refractivity contribution in [3.05, 3.63) is 35.2 Å². The highest BCUT2D eigenvalue weighted by molar-refractivity contribution is 6.01. The molecular weight excluding hydrogens is 292 g/mol. The number of ether oxygens (including phenoxy) is 1. The van der Waals surface area contributed by atoms with Gasteiger partial charge in [0.15, 0.2) is 0 Å². The normalized spacial score (nSPS) is 10.5. The quantitative estimate of drug-likeness (QED) is 0.545. The molecule has 0 fully saturated rings. The lowest BCUT2D eigenvalue weighted by atomic mass is 10.1. The molecule has 0 N–H and O–H groups in total. The van der Waals surface area contributed by atoms with Gasteiger partial charge in [-0.05, 0) is 32.8 Å². The number of carbonyl (C=O) groups excluding carboxylic acids is 2. The minimum atomic E-state index is -0.398. The number of carbonyl (C=O) groups is 2. The number of esters is 1. The Morgan fingerprint density at radius 2 is 1.96 bits per heavy atom. The topological polar surface area (TPSA) is 51.5 Å². The lowest BCUT2D eigenvalue weighted by Gasteiger charge is -2.17. The molecule has 1 amide bonds. The van der Waals surface area contributed by atoms with Crippen LogP contribution in [0.2, 0.25) is 0 Å². The van der Waals surface area contributed by atoms with Gasteiger partial charge in [0.1, 0.15) is 5.69 Å². The largest absolute Gasteiger partial charge is 0.461 e. The third kappa shape index (κ3) is 4.03. The van der Waals surface area contributed by atoms with Crippen molar-refractivity contribution >= 4 is 11.9 Å². The predicted octanol–water partition coefficient (Wildman–Crippen LogP) is 3.34. The summed E-state index contributed by atoms with van der Waals surface area (Å²) >= 11 is 0. The first kappa shape index (κ1) is 19.0. The maximum absolute atomic E-state index is 12.8. The summed E-state index contributed by atoms with van der Waals surface area (Å²) in [6.07, 6.45) is 3.70. The van der Waals surface area contributed by atoms with Crippen LogP contribution in [-0.4, -0.2) is 41.5 Å². The van der Waals surface area contributed by atoms with Gasteiger partial charge in [-0.1, -0.05) is 19.4 Å². The number of hydrogen-bond acceptors (Lipinski definition) is 3. The minimum Gasteiger partial charge on any atom is -0.461 e. The Bertz CT molecular complexity index is 588. The van der Waals surface area contributed by atoms with Gasteiger partial charge in [-0.2, -0.15) is 0 Å². The molecule has 0 spiro atoms. The van der Waals surface area contributed by atoms with E-state index < -0.39 is 5.97 Å². The van der Waals surface area contributed by atoms with Crippen molar-refractivity contribution in [2.45, 2.75) is 47.1 Å². The molecule has 1 aromatic rings. The molecule has 0 bridgehead atoms. The zero-order chi connectivity index (χ0) is 17.6. The molecule has 1 rings (SSSR count). The van der Waals surface area contributed by atoms with Gasteiger partial charge in [0.2, 0.25) is 0 Å². The summed E-state index contributed by atoms with van der Waals surface area (Å²) in [7, 11) is 1.80. The highest BCUT2D eigenvalue weighted by atomic mass is 16.5. The lowest BCUT2D eigenvalue weighted by Crippen LogP contribution is -2.28. The van der Waals surface area contributed by atoms with E-state index >= 15 is 0 Å². The monoisotopic (exact) mass is 320 g/mol. The molecule has 0 saturated heterocycles. The first-order valence-corrected chi connectivity index (χ1v) is 8.13. The summed E-state index contributed by atoms with van der Waals surface area (Å²) < 4.78 is 6.96. The molecule has 0 aliphatic heterocycles. The van der Waals surface area contributed by atoms with E-state index in [0.29, 0.717) is 36.5 Å². The van der Waals surface area contributed by atoms with Crippen LogP contribution in [0.5, 0.6) is 0 Å². The van der Waals surface area contributed by atoms with Gasteiger partial charge in [0, 0.05) is 25.8 Å². The Balaban J connectivity index is 3.33. The Kier molecular flexibility index (Phi) is 7.07. The fourth-order valence-electron chi connectivity index (χ4n) is 2.72. The molecule has 23 heavy (non-hydrogen) atoms. The molecule has 0 aliphatic carbocycles. The van der Waals surface area contributed by atoms with Crippen LogP contribution in [0.15, 0.2) is 12.7 Å². The van der Waals surface area contributed by atoms with Crippen molar-refractivity contribution in [3.8, 4) is 0 Å². The van der Waals surface area contributed by atoms with Crippen molar-refractivity contribution in [2.75, 3.05) is 20.2 Å². The molecule has 1 aromatic heterocycles. The van der Waals surface area contributed by atoms with E-state index in [1.54, 1.807) is 36.4 Å². The van der Waals surface area contributed by atoms with Gasteiger partial charge >= 0.3 is 5.97 Å². The van der Waals surface area contributed by atoms with E-state index in [1.165, 1.54) is 0 Å². The number of rotatable bonds is 8. The van der Waals surface area contributed by atoms with Gasteiger partial charge < -0.3 is 14.2 Å². The zero-order valence-corrected chi connectivity index (χ0v) is 14.9. The fraction of sp³-hybridized carbons (Fsp3) is 0.556. The Hall–Kier alpha value is -2.04. The summed E-state index contributed by atoms with van der Waals surface area (Å²) in [5.74, 6) is -0.452. The standard InChI is InChI=1S/C18H28N2O3/c1-7-10-12-19(6)17(21)15-13(4)16(18(22)23-9-3)20(11-8-2)14(15)5/h8H,2,7,9-12H2,1,3-6H3. The highest BCUT2D eigenvalue weighted by Crippen LogP contribution is 2.24. The fourth-order valence-corrected chi connectivity index (χ4v) is 2.72. The summed E-state index contributed by atoms with van der Waals surface area (Å²) in [6, 6.07) is 0. The predicted molar refractivity (Wildman–Crippen MR) is 91.9 cm³/mol. The van der Waals surface area contributed by atoms with Gasteiger partial charge in [-0.25, -0.2) is 4.79 Å². The van der Waals surface area contributed by atoms with Gasteiger partial charge in [0.05, 0.1) is 12.2 Å². The van der Waals surface area contributed by atoms with E-state index in [-0.39, 0.29) is 5.91 Å². The summed E-state index contributed by atoms with van der Waals surface area (Å²) in [6.45, 7) is 12.7. The van der Waals surface area contributed by atoms with Crippen molar-refractivity contribution < 1.29 is 14.3 Å². The van der Waals surface area contributed by atoms with Gasteiger partial charge in [-0.3, -0.25) is 4.79 Å². The van der Waals surface area contributed by atoms with Crippen LogP contribution in [0.4, 0.5) is 0 Å². The summed E-state index contributed by atoms with van der Waals surface area (Å²) in [5.41, 5.74) is 2.49. The van der Waals surface area contributed by atoms with E-state index in [2.05, 4.69) is 13.5 Å². The first-order valence-electron chi connectivity index (χ1n) is 8.13. The maximum atomic E-state index is 12.8. The average Bonchev–Trinajstić information content (AvgIpc) is 2.75. The second kappa shape index (κ2) is 8.56. The molecule has 128 valence electrons. The number of amides is 1. The number of allylic oxidation sites excluding steroid dienone is 1. The molecular formula is C18H28N2O3. The van der Waals surface area contributed by atoms with Crippen molar-refractivity contribution in [3.63, 3.8) is 0 Å². The first-order chi connectivity index (χ1) is 10.9. The molecule has 0 saturated carbocycles. The Morgan fingerprint density at radius 3 is 2.48 bits per heavy atom. The molecule has 1 heterocycles. The Morgan fingerprint density at radius 1 is 1.30 bits per heavy atom. The Labute approximate surface area is 138 Å². The third-order valence-corrected chi connectivity index (χ3v) is 3.95. The summed E-state index contributed by atoms with van der Waals surface area (Å²) in [5, 5.41) is 0. The third-order valence-electron chi connectivity index (χ3n) is 3.95. The highest BCUT2D eigenvalue weighted by Gasteiger charge is 2.28. The molecule has 0 atom stereocenters. The van der Waals surface area contributed by atoms with Crippen molar-refractivity contribution in [1.82, 2.24) is 9.47 Å². The second-order valence-electron chi connectivity index (χ2n) is 5.63. The minimum absolute atomic E-state index is 0.0539. The second-order valence-corrected chi connectivity index (χ2v) is 5.63. The number of nitrogens with zero attached hydrogens (tertiary/aromatic N) is 2. The van der Waals surface area contributed by atoms with Crippen LogP contribution in [0.3, 0.4) is 0 Å². The van der Waals surface area contributed by atoms with Crippen molar-refractivity contribution in [1.29, 1.82) is 0 Å². The molecule has 0 radical (unpaired) electrons.